The number of hydrazone groups is 1. The Labute approximate surface area is 216 Å². The Balaban J connectivity index is 1.75. The van der Waals surface area contributed by atoms with Crippen LogP contribution in [-0.4, -0.2) is 34.5 Å². The van der Waals surface area contributed by atoms with Crippen molar-refractivity contribution in [2.24, 2.45) is 5.10 Å². The van der Waals surface area contributed by atoms with Crippen LogP contribution in [0.5, 0.6) is 17.2 Å². The van der Waals surface area contributed by atoms with E-state index in [2.05, 4.69) is 15.8 Å². The fraction of sp³-hybridized carbons (Fsp3) is 0.160. The van der Waals surface area contributed by atoms with Gasteiger partial charge in [-0.15, -0.1) is 0 Å². The third-order valence-corrected chi connectivity index (χ3v) is 5.16. The molecule has 2 amide bonds. The van der Waals surface area contributed by atoms with Gasteiger partial charge in [0, 0.05) is 17.3 Å². The van der Waals surface area contributed by atoms with Gasteiger partial charge in [-0.3, -0.25) is 29.8 Å². The average molecular weight is 521 g/mol. The summed E-state index contributed by atoms with van der Waals surface area (Å²) in [7, 11) is 1.35. The van der Waals surface area contributed by atoms with Crippen LogP contribution in [0.25, 0.3) is 0 Å². The summed E-state index contributed by atoms with van der Waals surface area (Å²) in [5.74, 6) is -1.82. The van der Waals surface area contributed by atoms with Crippen LogP contribution in [0, 0.1) is 34.1 Å². The van der Waals surface area contributed by atoms with Gasteiger partial charge in [0.25, 0.3) is 5.69 Å². The Morgan fingerprint density at radius 1 is 0.842 bits per heavy atom. The number of aryl methyl sites for hydroxylation is 2. The van der Waals surface area contributed by atoms with Crippen molar-refractivity contribution in [3.05, 3.63) is 91.5 Å². The Hall–Kier alpha value is -5.33. The molecule has 0 spiro atoms. The number of benzene rings is 3. The van der Waals surface area contributed by atoms with E-state index in [4.69, 9.17) is 9.47 Å². The minimum atomic E-state index is -0.971. The van der Waals surface area contributed by atoms with Crippen molar-refractivity contribution in [1.82, 2.24) is 5.43 Å². The maximum Gasteiger partial charge on any atom is 0.329 e. The third-order valence-electron chi connectivity index (χ3n) is 5.16. The highest BCUT2D eigenvalue weighted by Gasteiger charge is 2.22. The van der Waals surface area contributed by atoms with Crippen LogP contribution in [-0.2, 0) is 9.59 Å². The zero-order valence-electron chi connectivity index (χ0n) is 20.8. The van der Waals surface area contributed by atoms with Gasteiger partial charge in [-0.25, -0.2) is 5.43 Å². The molecule has 0 fully saturated rings. The van der Waals surface area contributed by atoms with Crippen molar-refractivity contribution in [3.8, 4) is 17.2 Å². The van der Waals surface area contributed by atoms with Crippen molar-refractivity contribution >= 4 is 34.6 Å². The second-order valence-electron chi connectivity index (χ2n) is 8.10. The molecule has 0 saturated carbocycles. The second kappa shape index (κ2) is 11.6. The molecule has 0 saturated heterocycles. The minimum Gasteiger partial charge on any atom is -0.493 e. The molecule has 196 valence electrons. The molecule has 3 aromatic rings. The largest absolute Gasteiger partial charge is 0.493 e. The highest BCUT2D eigenvalue weighted by atomic mass is 16.6. The first-order chi connectivity index (χ1) is 18.0. The van der Waals surface area contributed by atoms with Crippen LogP contribution < -0.4 is 20.2 Å². The van der Waals surface area contributed by atoms with Gasteiger partial charge in [0.05, 0.1) is 28.7 Å². The quantitative estimate of drug-likeness (QED) is 0.190. The summed E-state index contributed by atoms with van der Waals surface area (Å²) in [6.07, 6.45) is 0. The van der Waals surface area contributed by atoms with Gasteiger partial charge in [0.2, 0.25) is 5.75 Å². The van der Waals surface area contributed by atoms with Crippen molar-refractivity contribution in [3.63, 3.8) is 0 Å². The van der Waals surface area contributed by atoms with Gasteiger partial charge < -0.3 is 14.8 Å². The first kappa shape index (κ1) is 27.3. The number of hydrogen-bond donors (Lipinski definition) is 2. The molecule has 0 heterocycles. The zero-order valence-corrected chi connectivity index (χ0v) is 20.8. The molecule has 0 aliphatic carbocycles. The fourth-order valence-electron chi connectivity index (χ4n) is 3.43. The Bertz CT molecular complexity index is 1450. The van der Waals surface area contributed by atoms with Crippen LogP contribution in [0.1, 0.15) is 23.6 Å². The second-order valence-corrected chi connectivity index (χ2v) is 8.10. The number of ether oxygens (including phenoxy) is 2. The summed E-state index contributed by atoms with van der Waals surface area (Å²) in [4.78, 5) is 45.2. The molecular formula is C25H23N5O8. The summed E-state index contributed by atoms with van der Waals surface area (Å²) in [5.41, 5.74) is 4.30. The summed E-state index contributed by atoms with van der Waals surface area (Å²) in [6, 6.07) is 12.9. The molecule has 0 atom stereocenters. The molecule has 2 N–H and O–H groups in total. The summed E-state index contributed by atoms with van der Waals surface area (Å²) in [6.45, 7) is 5.32. The van der Waals surface area contributed by atoms with Gasteiger partial charge in [-0.2, -0.15) is 5.10 Å². The average Bonchev–Trinajstić information content (AvgIpc) is 2.86. The predicted molar refractivity (Wildman–Crippen MR) is 138 cm³/mol. The molecule has 0 unspecified atom stereocenters. The van der Waals surface area contributed by atoms with E-state index in [-0.39, 0.29) is 17.2 Å². The van der Waals surface area contributed by atoms with E-state index >= 15 is 0 Å². The number of carbonyl (C=O) groups is 2. The molecule has 3 aromatic carbocycles. The first-order valence-electron chi connectivity index (χ1n) is 11.0. The first-order valence-corrected chi connectivity index (χ1v) is 11.0. The predicted octanol–water partition coefficient (Wildman–Crippen LogP) is 4.40. The standard InChI is InChI=1S/C25H23N5O8/c1-14-9-15(2)11-18(10-14)26-24(31)25(32)28-27-16(3)17-5-7-22(23(12-17)37-4)38-21-8-6-19(29(33)34)13-20(21)30(35)36/h5-13H,1-4H3,(H,26,31)(H,28,32)/b27-16+. The minimum absolute atomic E-state index is 0.0952. The molecule has 13 nitrogen and oxygen atoms in total. The number of methoxy groups -OCH3 is 1. The molecule has 0 aliphatic rings. The zero-order chi connectivity index (χ0) is 28.0. The van der Waals surface area contributed by atoms with E-state index in [9.17, 15) is 29.8 Å². The van der Waals surface area contributed by atoms with Crippen molar-refractivity contribution in [1.29, 1.82) is 0 Å². The van der Waals surface area contributed by atoms with E-state index in [1.165, 1.54) is 19.2 Å². The number of rotatable bonds is 8. The normalized spacial score (nSPS) is 10.9. The molecule has 0 aliphatic heterocycles. The van der Waals surface area contributed by atoms with Crippen molar-refractivity contribution in [2.75, 3.05) is 12.4 Å². The monoisotopic (exact) mass is 521 g/mol. The number of non-ortho nitro benzene ring substituents is 1. The summed E-state index contributed by atoms with van der Waals surface area (Å²) < 4.78 is 10.9. The molecule has 3 rings (SSSR count). The lowest BCUT2D eigenvalue weighted by atomic mass is 10.1. The van der Waals surface area contributed by atoms with Crippen LogP contribution in [0.15, 0.2) is 59.7 Å². The number of hydrogen-bond acceptors (Lipinski definition) is 9. The lowest BCUT2D eigenvalue weighted by Gasteiger charge is -2.12. The number of nitrogens with zero attached hydrogens (tertiary/aromatic N) is 3. The SMILES string of the molecule is COc1cc(/C(C)=N/NC(=O)C(=O)Nc2cc(C)cc(C)c2)ccc1Oc1ccc([N+](=O)[O-])cc1[N+](=O)[O-]. The van der Waals surface area contributed by atoms with E-state index in [0.717, 1.165) is 29.3 Å². The fourth-order valence-corrected chi connectivity index (χ4v) is 3.43. The highest BCUT2D eigenvalue weighted by molar-refractivity contribution is 6.39. The number of anilines is 1. The molecule has 38 heavy (non-hydrogen) atoms. The maximum atomic E-state index is 12.2. The smallest absolute Gasteiger partial charge is 0.329 e. The molecule has 0 bridgehead atoms. The number of nitrogens with one attached hydrogen (secondary N) is 2. The van der Waals surface area contributed by atoms with E-state index < -0.39 is 33.0 Å². The van der Waals surface area contributed by atoms with Gasteiger partial charge >= 0.3 is 17.5 Å². The van der Waals surface area contributed by atoms with Gasteiger partial charge in [-0.05, 0) is 68.3 Å². The van der Waals surface area contributed by atoms with E-state index in [0.29, 0.717) is 17.0 Å². The number of nitro benzene ring substituents is 2. The topological polar surface area (TPSA) is 175 Å². The van der Waals surface area contributed by atoms with Gasteiger partial charge in [0.1, 0.15) is 0 Å². The highest BCUT2D eigenvalue weighted by Crippen LogP contribution is 2.38. The Morgan fingerprint density at radius 2 is 1.50 bits per heavy atom. The Morgan fingerprint density at radius 3 is 2.11 bits per heavy atom. The van der Waals surface area contributed by atoms with Gasteiger partial charge in [0.15, 0.2) is 11.5 Å². The number of nitro groups is 2. The molecule has 0 radical (unpaired) electrons. The van der Waals surface area contributed by atoms with E-state index in [1.54, 1.807) is 25.1 Å². The van der Waals surface area contributed by atoms with Crippen LogP contribution in [0.3, 0.4) is 0 Å². The lowest BCUT2D eigenvalue weighted by Crippen LogP contribution is -2.33. The lowest BCUT2D eigenvalue weighted by molar-refractivity contribution is -0.394. The molecular weight excluding hydrogens is 498 g/mol. The number of carbonyl (C=O) groups excluding carboxylic acids is 2. The van der Waals surface area contributed by atoms with Crippen LogP contribution in [0.4, 0.5) is 17.1 Å². The third kappa shape index (κ3) is 6.66. The molecule has 0 aromatic heterocycles. The molecule has 13 heteroatoms. The number of amides is 2. The van der Waals surface area contributed by atoms with Crippen LogP contribution in [0.2, 0.25) is 0 Å². The Kier molecular flexibility index (Phi) is 8.32. The van der Waals surface area contributed by atoms with Crippen molar-refractivity contribution < 1.29 is 28.9 Å². The van der Waals surface area contributed by atoms with E-state index in [1.807, 2.05) is 19.9 Å². The maximum absolute atomic E-state index is 12.2. The summed E-state index contributed by atoms with van der Waals surface area (Å²) >= 11 is 0. The van der Waals surface area contributed by atoms with Gasteiger partial charge in [-0.1, -0.05) is 6.07 Å². The van der Waals surface area contributed by atoms with Crippen LogP contribution >= 0.6 is 0 Å². The van der Waals surface area contributed by atoms with Crippen molar-refractivity contribution in [2.45, 2.75) is 20.8 Å². The summed E-state index contributed by atoms with van der Waals surface area (Å²) in [5, 5.41) is 28.8.